The molecule has 0 saturated carbocycles. The van der Waals surface area contributed by atoms with E-state index in [1.165, 1.54) is 6.07 Å². The van der Waals surface area contributed by atoms with Crippen LogP contribution >= 0.6 is 15.9 Å². The van der Waals surface area contributed by atoms with E-state index in [0.29, 0.717) is 5.56 Å². The van der Waals surface area contributed by atoms with Crippen molar-refractivity contribution in [1.82, 2.24) is 0 Å². The van der Waals surface area contributed by atoms with Gasteiger partial charge in [-0.25, -0.2) is 9.18 Å². The summed E-state index contributed by atoms with van der Waals surface area (Å²) in [4.78, 5) is 12.2. The molecule has 3 nitrogen and oxygen atoms in total. The molecule has 0 aliphatic heterocycles. The Kier molecular flexibility index (Phi) is 5.33. The number of benzene rings is 2. The van der Waals surface area contributed by atoms with Crippen molar-refractivity contribution < 1.29 is 13.9 Å². The van der Waals surface area contributed by atoms with Crippen molar-refractivity contribution in [1.29, 1.82) is 0 Å². The molecule has 0 amide bonds. The second kappa shape index (κ2) is 7.22. The van der Waals surface area contributed by atoms with Gasteiger partial charge in [0.05, 0.1) is 12.3 Å². The molecule has 1 N–H and O–H groups in total. The minimum atomic E-state index is -0.780. The predicted octanol–water partition coefficient (Wildman–Crippen LogP) is 4.30. The van der Waals surface area contributed by atoms with Crippen molar-refractivity contribution in [2.45, 2.75) is 13.0 Å². The van der Waals surface area contributed by atoms with Crippen molar-refractivity contribution in [3.05, 3.63) is 64.4 Å². The molecule has 1 unspecified atom stereocenters. The fourth-order valence-electron chi connectivity index (χ4n) is 1.93. The van der Waals surface area contributed by atoms with Gasteiger partial charge in [0.1, 0.15) is 5.82 Å². The summed E-state index contributed by atoms with van der Waals surface area (Å²) >= 11 is 3.41. The Balaban J connectivity index is 2.36. The number of ether oxygens (including phenoxy) is 1. The smallest absolute Gasteiger partial charge is 0.333 e. The third kappa shape index (κ3) is 3.82. The minimum Gasteiger partial charge on any atom is -0.464 e. The average Bonchev–Trinajstić information content (AvgIpc) is 2.48. The first-order chi connectivity index (χ1) is 10.1. The number of rotatable bonds is 5. The number of carbonyl (C=O) groups excluding carboxylic acids is 1. The first kappa shape index (κ1) is 15.5. The Labute approximate surface area is 131 Å². The van der Waals surface area contributed by atoms with Crippen molar-refractivity contribution in [3.63, 3.8) is 0 Å². The highest BCUT2D eigenvalue weighted by Crippen LogP contribution is 2.28. The molecule has 110 valence electrons. The maximum Gasteiger partial charge on any atom is 0.333 e. The zero-order valence-electron chi connectivity index (χ0n) is 11.5. The Bertz CT molecular complexity index is 633. The second-order valence-corrected chi connectivity index (χ2v) is 5.19. The van der Waals surface area contributed by atoms with Gasteiger partial charge in [0, 0.05) is 4.47 Å². The molecular weight excluding hydrogens is 337 g/mol. The van der Waals surface area contributed by atoms with Gasteiger partial charge >= 0.3 is 5.97 Å². The van der Waals surface area contributed by atoms with E-state index >= 15 is 0 Å². The highest BCUT2D eigenvalue weighted by atomic mass is 79.9. The van der Waals surface area contributed by atoms with Crippen molar-refractivity contribution in [3.8, 4) is 0 Å². The van der Waals surface area contributed by atoms with Crippen LogP contribution in [0.5, 0.6) is 0 Å². The topological polar surface area (TPSA) is 38.3 Å². The Hall–Kier alpha value is -1.88. The fraction of sp³-hybridized carbons (Fsp3) is 0.188. The van der Waals surface area contributed by atoms with Crippen molar-refractivity contribution in [2.24, 2.45) is 0 Å². The molecule has 0 aromatic heterocycles. The largest absolute Gasteiger partial charge is 0.464 e. The van der Waals surface area contributed by atoms with Crippen molar-refractivity contribution in [2.75, 3.05) is 11.9 Å². The summed E-state index contributed by atoms with van der Waals surface area (Å²) in [5.41, 5.74) is 0.950. The molecule has 5 heteroatoms. The number of hydrogen-bond donors (Lipinski definition) is 1. The molecular formula is C16H15BrFNO2. The maximum absolute atomic E-state index is 13.8. The van der Waals surface area contributed by atoms with E-state index in [4.69, 9.17) is 4.74 Å². The Morgan fingerprint density at radius 1 is 1.24 bits per heavy atom. The lowest BCUT2D eigenvalue weighted by Gasteiger charge is -2.20. The lowest BCUT2D eigenvalue weighted by Crippen LogP contribution is -2.24. The molecule has 2 aromatic rings. The lowest BCUT2D eigenvalue weighted by molar-refractivity contribution is -0.144. The maximum atomic E-state index is 13.8. The van der Waals surface area contributed by atoms with Gasteiger partial charge < -0.3 is 10.1 Å². The number of hydrogen-bond acceptors (Lipinski definition) is 3. The molecule has 0 heterocycles. The zero-order valence-corrected chi connectivity index (χ0v) is 13.1. The summed E-state index contributed by atoms with van der Waals surface area (Å²) in [6.07, 6.45) is 0. The SMILES string of the molecule is CCOC(=O)C(Nc1ccccc1F)c1ccccc1Br. The number of esters is 1. The minimum absolute atomic E-state index is 0.256. The summed E-state index contributed by atoms with van der Waals surface area (Å²) < 4.78 is 19.6. The normalized spacial score (nSPS) is 11.8. The summed E-state index contributed by atoms with van der Waals surface area (Å²) in [6, 6.07) is 12.7. The summed E-state index contributed by atoms with van der Waals surface area (Å²) in [7, 11) is 0. The zero-order chi connectivity index (χ0) is 15.2. The average molecular weight is 352 g/mol. The van der Waals surface area contributed by atoms with Gasteiger partial charge in [-0.05, 0) is 30.7 Å². The molecule has 1 atom stereocenters. The van der Waals surface area contributed by atoms with E-state index in [1.54, 1.807) is 31.2 Å². The predicted molar refractivity (Wildman–Crippen MR) is 83.5 cm³/mol. The second-order valence-electron chi connectivity index (χ2n) is 4.33. The van der Waals surface area contributed by atoms with Crippen LogP contribution in [0.4, 0.5) is 10.1 Å². The third-order valence-corrected chi connectivity index (χ3v) is 3.63. The van der Waals surface area contributed by atoms with Gasteiger partial charge in [0.15, 0.2) is 6.04 Å². The molecule has 0 saturated heterocycles. The highest BCUT2D eigenvalue weighted by Gasteiger charge is 2.24. The summed E-state index contributed by atoms with van der Waals surface area (Å²) in [6.45, 7) is 2.00. The van der Waals surface area contributed by atoms with Crippen LogP contribution in [-0.4, -0.2) is 12.6 Å². The number of para-hydroxylation sites is 1. The van der Waals surface area contributed by atoms with Crippen LogP contribution in [0.15, 0.2) is 53.0 Å². The van der Waals surface area contributed by atoms with Gasteiger partial charge in [-0.15, -0.1) is 0 Å². The molecule has 2 rings (SSSR count). The van der Waals surface area contributed by atoms with Crippen LogP contribution in [-0.2, 0) is 9.53 Å². The standard InChI is InChI=1S/C16H15BrFNO2/c1-2-21-16(20)15(11-7-3-4-8-12(11)17)19-14-10-6-5-9-13(14)18/h3-10,15,19H,2H2,1H3. The van der Waals surface area contributed by atoms with E-state index in [9.17, 15) is 9.18 Å². The van der Waals surface area contributed by atoms with Crippen LogP contribution in [0.3, 0.4) is 0 Å². The summed E-state index contributed by atoms with van der Waals surface area (Å²) in [5, 5.41) is 2.91. The number of carbonyl (C=O) groups is 1. The van der Waals surface area contributed by atoms with Gasteiger partial charge in [0.25, 0.3) is 0 Å². The van der Waals surface area contributed by atoms with E-state index < -0.39 is 17.8 Å². The monoisotopic (exact) mass is 351 g/mol. The highest BCUT2D eigenvalue weighted by molar-refractivity contribution is 9.10. The van der Waals surface area contributed by atoms with Crippen molar-refractivity contribution >= 4 is 27.6 Å². The van der Waals surface area contributed by atoms with Crippen LogP contribution < -0.4 is 5.32 Å². The molecule has 0 bridgehead atoms. The van der Waals surface area contributed by atoms with Gasteiger partial charge in [-0.3, -0.25) is 0 Å². The first-order valence-electron chi connectivity index (χ1n) is 6.55. The quantitative estimate of drug-likeness (QED) is 0.816. The van der Waals surface area contributed by atoms with E-state index in [0.717, 1.165) is 4.47 Å². The Morgan fingerprint density at radius 2 is 1.90 bits per heavy atom. The number of nitrogens with one attached hydrogen (secondary N) is 1. The van der Waals surface area contributed by atoms with Gasteiger partial charge in [-0.2, -0.15) is 0 Å². The van der Waals surface area contributed by atoms with Crippen LogP contribution in [0.2, 0.25) is 0 Å². The van der Waals surface area contributed by atoms with Crippen LogP contribution in [0.25, 0.3) is 0 Å². The van der Waals surface area contributed by atoms with Gasteiger partial charge in [-0.1, -0.05) is 46.3 Å². The molecule has 0 aliphatic carbocycles. The molecule has 0 radical (unpaired) electrons. The van der Waals surface area contributed by atoms with E-state index in [2.05, 4.69) is 21.2 Å². The Morgan fingerprint density at radius 3 is 2.57 bits per heavy atom. The van der Waals surface area contributed by atoms with E-state index in [1.807, 2.05) is 18.2 Å². The third-order valence-electron chi connectivity index (χ3n) is 2.91. The van der Waals surface area contributed by atoms with Gasteiger partial charge in [0.2, 0.25) is 0 Å². The molecule has 2 aromatic carbocycles. The molecule has 0 aliphatic rings. The number of anilines is 1. The van der Waals surface area contributed by atoms with Crippen LogP contribution in [0.1, 0.15) is 18.5 Å². The lowest BCUT2D eigenvalue weighted by atomic mass is 10.1. The summed E-state index contributed by atoms with van der Waals surface area (Å²) in [5.74, 6) is -0.869. The molecule has 0 spiro atoms. The fourth-order valence-corrected chi connectivity index (χ4v) is 2.45. The molecule has 0 fully saturated rings. The number of halogens is 2. The van der Waals surface area contributed by atoms with Crippen LogP contribution in [0, 0.1) is 5.82 Å². The van der Waals surface area contributed by atoms with E-state index in [-0.39, 0.29) is 12.3 Å². The first-order valence-corrected chi connectivity index (χ1v) is 7.35. The molecule has 21 heavy (non-hydrogen) atoms.